The van der Waals surface area contributed by atoms with Crippen LogP contribution in [0.5, 0.6) is 0 Å². The first kappa shape index (κ1) is 24.6. The fraction of sp³-hybridized carbons (Fsp3) is 0.944. The van der Waals surface area contributed by atoms with Crippen LogP contribution in [0.4, 0.5) is 0 Å². The SMILES string of the molecule is CCC([C-]=O)N1CCN(CC)CCN(CC)CCN(CC)CC1.[Y+3]. The second kappa shape index (κ2) is 14.7. The minimum absolute atomic E-state index is 0. The molecule has 1 unspecified atom stereocenters. The zero-order valence-corrected chi connectivity index (χ0v) is 19.2. The largest absolute Gasteiger partial charge is 3.00 e. The van der Waals surface area contributed by atoms with Gasteiger partial charge in [-0.05, 0) is 19.6 Å². The summed E-state index contributed by atoms with van der Waals surface area (Å²) < 4.78 is 0. The summed E-state index contributed by atoms with van der Waals surface area (Å²) in [5.41, 5.74) is 0. The molecule has 0 bridgehead atoms. The first-order valence-electron chi connectivity index (χ1n) is 9.47. The van der Waals surface area contributed by atoms with E-state index in [1.807, 2.05) is 0 Å². The molecule has 1 heterocycles. The number of hydrogen-bond donors (Lipinski definition) is 0. The molecule has 1 saturated heterocycles. The van der Waals surface area contributed by atoms with Crippen molar-refractivity contribution in [1.29, 1.82) is 0 Å². The van der Waals surface area contributed by atoms with Crippen molar-refractivity contribution >= 4 is 6.29 Å². The third-order valence-electron chi connectivity index (χ3n) is 5.18. The average molecular weight is 414 g/mol. The molecule has 0 radical (unpaired) electrons. The minimum Gasteiger partial charge on any atom is -0.540 e. The molecule has 0 aliphatic carbocycles. The molecular formula is C18H37N4OY+2. The molecule has 0 aromatic carbocycles. The summed E-state index contributed by atoms with van der Waals surface area (Å²) in [6.45, 7) is 20.6. The topological polar surface area (TPSA) is 30.0 Å². The van der Waals surface area contributed by atoms with E-state index in [4.69, 9.17) is 0 Å². The van der Waals surface area contributed by atoms with Crippen molar-refractivity contribution in [2.24, 2.45) is 0 Å². The number of carbonyl (C=O) groups excluding carboxylic acids is 1. The maximum Gasteiger partial charge on any atom is 3.00 e. The van der Waals surface area contributed by atoms with Gasteiger partial charge in [0.05, 0.1) is 0 Å². The molecule has 1 aliphatic heterocycles. The quantitative estimate of drug-likeness (QED) is 0.609. The Morgan fingerprint density at radius 3 is 1.29 bits per heavy atom. The molecule has 6 heteroatoms. The molecule has 0 saturated carbocycles. The van der Waals surface area contributed by atoms with Crippen molar-refractivity contribution in [2.75, 3.05) is 72.0 Å². The Bertz CT molecular complexity index is 299. The van der Waals surface area contributed by atoms with Gasteiger partial charge in [-0.25, -0.2) is 6.29 Å². The predicted octanol–water partition coefficient (Wildman–Crippen LogP) is 1.15. The zero-order valence-electron chi connectivity index (χ0n) is 16.3. The van der Waals surface area contributed by atoms with Gasteiger partial charge in [0.1, 0.15) is 0 Å². The second-order valence-corrected chi connectivity index (χ2v) is 6.38. The standard InChI is InChI=1S/C18H37N4O.Y/c1-5-18(17-23)22-15-13-20(7-3)11-9-19(6-2)10-12-21(8-4)14-16-22;/h18H,5-16H2,1-4H3;/q-1;+3. The smallest absolute Gasteiger partial charge is 0.540 e. The molecule has 1 rings (SSSR count). The van der Waals surface area contributed by atoms with Gasteiger partial charge in [0.15, 0.2) is 0 Å². The third-order valence-corrected chi connectivity index (χ3v) is 5.18. The fourth-order valence-electron chi connectivity index (χ4n) is 3.23. The van der Waals surface area contributed by atoms with Crippen LogP contribution in [0, 0.1) is 0 Å². The normalized spacial score (nSPS) is 22.2. The van der Waals surface area contributed by atoms with E-state index in [1.54, 1.807) is 0 Å². The number of likely N-dealkylation sites (N-methyl/N-ethyl adjacent to an activating group) is 3. The van der Waals surface area contributed by atoms with Gasteiger partial charge in [-0.3, -0.25) is 0 Å². The molecule has 1 fully saturated rings. The van der Waals surface area contributed by atoms with Crippen LogP contribution in [-0.2, 0) is 37.5 Å². The first-order valence-corrected chi connectivity index (χ1v) is 9.47. The Kier molecular flexibility index (Phi) is 15.1. The molecule has 136 valence electrons. The van der Waals surface area contributed by atoms with Crippen molar-refractivity contribution in [3.63, 3.8) is 0 Å². The molecule has 0 aromatic rings. The van der Waals surface area contributed by atoms with E-state index in [1.165, 1.54) is 0 Å². The molecule has 0 spiro atoms. The third kappa shape index (κ3) is 8.82. The molecule has 0 N–H and O–H groups in total. The zero-order chi connectivity index (χ0) is 17.1. The van der Waals surface area contributed by atoms with Crippen molar-refractivity contribution < 1.29 is 37.5 Å². The summed E-state index contributed by atoms with van der Waals surface area (Å²) in [6, 6.07) is -0.0532. The second-order valence-electron chi connectivity index (χ2n) is 6.38. The summed E-state index contributed by atoms with van der Waals surface area (Å²) in [5, 5.41) is 0. The van der Waals surface area contributed by atoms with Crippen LogP contribution in [0.25, 0.3) is 0 Å². The monoisotopic (exact) mass is 414 g/mol. The Hall–Kier alpha value is 0.614. The first-order chi connectivity index (χ1) is 11.2. The van der Waals surface area contributed by atoms with Gasteiger partial charge in [-0.2, -0.15) is 0 Å². The molecule has 1 atom stereocenters. The van der Waals surface area contributed by atoms with E-state index in [0.29, 0.717) is 0 Å². The average Bonchev–Trinajstić information content (AvgIpc) is 2.58. The minimum atomic E-state index is -0.0532. The van der Waals surface area contributed by atoms with Gasteiger partial charge in [-0.1, -0.05) is 40.2 Å². The van der Waals surface area contributed by atoms with Gasteiger partial charge >= 0.3 is 32.7 Å². The maximum atomic E-state index is 11.3. The van der Waals surface area contributed by atoms with E-state index in [9.17, 15) is 4.79 Å². The van der Waals surface area contributed by atoms with E-state index in [2.05, 4.69) is 53.6 Å². The van der Waals surface area contributed by atoms with Gasteiger partial charge in [-0.15, -0.1) is 0 Å². The van der Waals surface area contributed by atoms with Crippen molar-refractivity contribution in [2.45, 2.75) is 40.2 Å². The van der Waals surface area contributed by atoms with Crippen molar-refractivity contribution in [3.8, 4) is 0 Å². The predicted molar refractivity (Wildman–Crippen MR) is 97.7 cm³/mol. The van der Waals surface area contributed by atoms with Crippen LogP contribution in [0.1, 0.15) is 34.1 Å². The molecule has 0 amide bonds. The van der Waals surface area contributed by atoms with Crippen molar-refractivity contribution in [1.82, 2.24) is 19.6 Å². The number of rotatable bonds is 6. The van der Waals surface area contributed by atoms with Crippen LogP contribution >= 0.6 is 0 Å². The number of nitrogens with zero attached hydrogens (tertiary/aromatic N) is 4. The molecule has 24 heavy (non-hydrogen) atoms. The van der Waals surface area contributed by atoms with Gasteiger partial charge < -0.3 is 24.4 Å². The van der Waals surface area contributed by atoms with E-state index in [-0.39, 0.29) is 38.8 Å². The summed E-state index contributed by atoms with van der Waals surface area (Å²) in [4.78, 5) is 21.2. The van der Waals surface area contributed by atoms with E-state index < -0.39 is 0 Å². The Balaban J connectivity index is 0.00000529. The fourth-order valence-corrected chi connectivity index (χ4v) is 3.23. The molecule has 1 aliphatic rings. The van der Waals surface area contributed by atoms with Gasteiger partial charge in [0.2, 0.25) is 0 Å². The van der Waals surface area contributed by atoms with E-state index >= 15 is 0 Å². The van der Waals surface area contributed by atoms with Gasteiger partial charge in [0, 0.05) is 52.4 Å². The van der Waals surface area contributed by atoms with E-state index in [0.717, 1.165) is 78.4 Å². The van der Waals surface area contributed by atoms with Crippen LogP contribution in [-0.4, -0.2) is 104 Å². The van der Waals surface area contributed by atoms with Crippen LogP contribution < -0.4 is 0 Å². The van der Waals surface area contributed by atoms with Gasteiger partial charge in [0.25, 0.3) is 0 Å². The molecule has 5 nitrogen and oxygen atoms in total. The van der Waals surface area contributed by atoms with Crippen molar-refractivity contribution in [3.05, 3.63) is 0 Å². The number of hydrogen-bond acceptors (Lipinski definition) is 5. The Labute approximate surface area is 175 Å². The molecule has 0 aromatic heterocycles. The van der Waals surface area contributed by atoms with Crippen LogP contribution in [0.3, 0.4) is 0 Å². The summed E-state index contributed by atoms with van der Waals surface area (Å²) >= 11 is 0. The Morgan fingerprint density at radius 1 is 0.708 bits per heavy atom. The van der Waals surface area contributed by atoms with Crippen LogP contribution in [0.15, 0.2) is 0 Å². The summed E-state index contributed by atoms with van der Waals surface area (Å²) in [7, 11) is 0. The molecular weight excluding hydrogens is 377 g/mol. The summed E-state index contributed by atoms with van der Waals surface area (Å²) in [5.74, 6) is 0. The Morgan fingerprint density at radius 2 is 1.04 bits per heavy atom. The maximum absolute atomic E-state index is 11.3. The summed E-state index contributed by atoms with van der Waals surface area (Å²) in [6.07, 6.45) is 3.10. The van der Waals surface area contributed by atoms with Crippen LogP contribution in [0.2, 0.25) is 0 Å².